The zero-order valence-corrected chi connectivity index (χ0v) is 11.0. The summed E-state index contributed by atoms with van der Waals surface area (Å²) in [4.78, 5) is 8.48. The Bertz CT molecular complexity index is 373. The maximum absolute atomic E-state index is 12.1. The lowest BCUT2D eigenvalue weighted by molar-refractivity contribution is 0.662. The van der Waals surface area contributed by atoms with Crippen molar-refractivity contribution in [2.24, 2.45) is 0 Å². The molecule has 16 heavy (non-hydrogen) atoms. The average molecular weight is 262 g/mol. The zero-order valence-electron chi connectivity index (χ0n) is 9.40. The Morgan fingerprint density at radius 1 is 1.38 bits per heavy atom. The van der Waals surface area contributed by atoms with E-state index in [0.717, 1.165) is 30.9 Å². The minimum atomic E-state index is -1.06. The van der Waals surface area contributed by atoms with Crippen LogP contribution in [0.1, 0.15) is 17.8 Å². The van der Waals surface area contributed by atoms with Crippen molar-refractivity contribution in [3.8, 4) is 0 Å². The fourth-order valence-corrected chi connectivity index (χ4v) is 3.11. The van der Waals surface area contributed by atoms with Crippen molar-refractivity contribution < 1.29 is 4.21 Å². The molecule has 1 aromatic heterocycles. The average Bonchev–Trinajstić information content (AvgIpc) is 2.67. The highest BCUT2D eigenvalue weighted by Gasteiger charge is 2.24. The van der Waals surface area contributed by atoms with Crippen LogP contribution in [0.4, 0.5) is 0 Å². The molecule has 2 unspecified atom stereocenters. The molecule has 2 atom stereocenters. The van der Waals surface area contributed by atoms with Crippen LogP contribution in [0, 0.1) is 13.8 Å². The lowest BCUT2D eigenvalue weighted by Gasteiger charge is -2.07. The minimum absolute atomic E-state index is 0. The van der Waals surface area contributed by atoms with Gasteiger partial charge in [-0.25, -0.2) is 9.97 Å². The molecule has 90 valence electrons. The van der Waals surface area contributed by atoms with E-state index in [0.29, 0.717) is 5.16 Å². The molecule has 0 saturated carbocycles. The molecule has 1 aromatic rings. The molecule has 0 aliphatic carbocycles. The van der Waals surface area contributed by atoms with E-state index in [2.05, 4.69) is 15.3 Å². The molecule has 0 radical (unpaired) electrons. The Labute approximate surface area is 104 Å². The number of nitrogens with one attached hydrogen (secondary N) is 1. The van der Waals surface area contributed by atoms with Gasteiger partial charge in [-0.2, -0.15) is 0 Å². The first-order valence-electron chi connectivity index (χ1n) is 5.10. The van der Waals surface area contributed by atoms with Gasteiger partial charge in [-0.3, -0.25) is 4.21 Å². The Morgan fingerprint density at radius 3 is 2.50 bits per heavy atom. The summed E-state index contributed by atoms with van der Waals surface area (Å²) in [6, 6.07) is 1.90. The van der Waals surface area contributed by atoms with Crippen LogP contribution < -0.4 is 5.32 Å². The van der Waals surface area contributed by atoms with Gasteiger partial charge in [0.1, 0.15) is 0 Å². The highest BCUT2D eigenvalue weighted by atomic mass is 35.5. The summed E-state index contributed by atoms with van der Waals surface area (Å²) in [6.45, 7) is 5.56. The second kappa shape index (κ2) is 5.70. The third-order valence-electron chi connectivity index (χ3n) is 2.46. The maximum Gasteiger partial charge on any atom is 0.219 e. The van der Waals surface area contributed by atoms with E-state index in [1.165, 1.54) is 0 Å². The molecular weight excluding hydrogens is 246 g/mol. The first-order valence-corrected chi connectivity index (χ1v) is 6.31. The van der Waals surface area contributed by atoms with Crippen LogP contribution in [0.25, 0.3) is 0 Å². The van der Waals surface area contributed by atoms with Crippen molar-refractivity contribution in [2.75, 3.05) is 13.1 Å². The van der Waals surface area contributed by atoms with Crippen LogP contribution in [0.3, 0.4) is 0 Å². The molecule has 1 N–H and O–H groups in total. The smallest absolute Gasteiger partial charge is 0.219 e. The first-order chi connectivity index (χ1) is 7.16. The number of hydrogen-bond donors (Lipinski definition) is 1. The van der Waals surface area contributed by atoms with Gasteiger partial charge in [0, 0.05) is 17.9 Å². The van der Waals surface area contributed by atoms with Crippen molar-refractivity contribution in [1.82, 2.24) is 15.3 Å². The molecule has 0 amide bonds. The van der Waals surface area contributed by atoms with Gasteiger partial charge in [-0.05, 0) is 32.9 Å². The largest absolute Gasteiger partial charge is 0.315 e. The van der Waals surface area contributed by atoms with Crippen molar-refractivity contribution >= 4 is 23.2 Å². The molecule has 0 bridgehead atoms. The van der Waals surface area contributed by atoms with E-state index >= 15 is 0 Å². The Balaban J connectivity index is 0.00000128. The standard InChI is InChI=1S/C10H15N3OS.ClH/c1-7-5-8(2)13-10(12-7)15(14)9-3-4-11-6-9;/h5,9,11H,3-4,6H2,1-2H3;1H. The van der Waals surface area contributed by atoms with Crippen LogP contribution in [-0.2, 0) is 10.8 Å². The maximum atomic E-state index is 12.1. The van der Waals surface area contributed by atoms with E-state index in [-0.39, 0.29) is 17.7 Å². The van der Waals surface area contributed by atoms with Gasteiger partial charge in [0.25, 0.3) is 0 Å². The monoisotopic (exact) mass is 261 g/mol. The minimum Gasteiger partial charge on any atom is -0.315 e. The van der Waals surface area contributed by atoms with E-state index in [1.807, 2.05) is 19.9 Å². The van der Waals surface area contributed by atoms with Crippen LogP contribution in [-0.4, -0.2) is 32.5 Å². The molecule has 1 aliphatic rings. The lowest BCUT2D eigenvalue weighted by Crippen LogP contribution is -2.20. The van der Waals surface area contributed by atoms with Crippen LogP contribution in [0.15, 0.2) is 11.2 Å². The molecule has 1 aliphatic heterocycles. The lowest BCUT2D eigenvalue weighted by atomic mass is 10.4. The highest BCUT2D eigenvalue weighted by molar-refractivity contribution is 7.85. The van der Waals surface area contributed by atoms with E-state index < -0.39 is 10.8 Å². The second-order valence-electron chi connectivity index (χ2n) is 3.85. The third-order valence-corrected chi connectivity index (χ3v) is 4.01. The quantitative estimate of drug-likeness (QED) is 0.807. The molecule has 6 heteroatoms. The predicted molar refractivity (Wildman–Crippen MR) is 66.4 cm³/mol. The Hall–Kier alpha value is -0.520. The number of rotatable bonds is 2. The summed E-state index contributed by atoms with van der Waals surface area (Å²) in [5.74, 6) is 0. The Kier molecular flexibility index (Phi) is 4.83. The topological polar surface area (TPSA) is 54.9 Å². The SMILES string of the molecule is Cc1cc(C)nc(S(=O)C2CCNC2)n1.Cl. The van der Waals surface area contributed by atoms with Gasteiger partial charge in [-0.1, -0.05) is 0 Å². The fraction of sp³-hybridized carbons (Fsp3) is 0.600. The van der Waals surface area contributed by atoms with Crippen LogP contribution >= 0.6 is 12.4 Å². The van der Waals surface area contributed by atoms with E-state index in [4.69, 9.17) is 0 Å². The first kappa shape index (κ1) is 13.5. The molecular formula is C10H16ClN3OS. The summed E-state index contributed by atoms with van der Waals surface area (Å²) in [7, 11) is -1.06. The number of nitrogens with zero attached hydrogens (tertiary/aromatic N) is 2. The van der Waals surface area contributed by atoms with Crippen molar-refractivity contribution in [1.29, 1.82) is 0 Å². The highest BCUT2D eigenvalue weighted by Crippen LogP contribution is 2.13. The van der Waals surface area contributed by atoms with Crippen LogP contribution in [0.2, 0.25) is 0 Å². The summed E-state index contributed by atoms with van der Waals surface area (Å²) in [6.07, 6.45) is 0.947. The van der Waals surface area contributed by atoms with E-state index in [9.17, 15) is 4.21 Å². The summed E-state index contributed by atoms with van der Waals surface area (Å²) in [5.41, 5.74) is 1.77. The summed E-state index contributed by atoms with van der Waals surface area (Å²) in [5, 5.41) is 3.86. The number of hydrogen-bond acceptors (Lipinski definition) is 4. The normalized spacial score (nSPS) is 21.5. The van der Waals surface area contributed by atoms with Crippen molar-refractivity contribution in [3.05, 3.63) is 17.5 Å². The molecule has 2 heterocycles. The van der Waals surface area contributed by atoms with Crippen molar-refractivity contribution in [3.63, 3.8) is 0 Å². The van der Waals surface area contributed by atoms with Gasteiger partial charge in [-0.15, -0.1) is 12.4 Å². The molecule has 1 fully saturated rings. The van der Waals surface area contributed by atoms with Gasteiger partial charge >= 0.3 is 0 Å². The van der Waals surface area contributed by atoms with Gasteiger partial charge < -0.3 is 5.32 Å². The van der Waals surface area contributed by atoms with Crippen molar-refractivity contribution in [2.45, 2.75) is 30.7 Å². The van der Waals surface area contributed by atoms with Gasteiger partial charge in [0.2, 0.25) is 5.16 Å². The number of aromatic nitrogens is 2. The third kappa shape index (κ3) is 2.99. The molecule has 0 aromatic carbocycles. The summed E-state index contributed by atoms with van der Waals surface area (Å²) >= 11 is 0. The zero-order chi connectivity index (χ0) is 10.8. The molecule has 0 spiro atoms. The van der Waals surface area contributed by atoms with E-state index in [1.54, 1.807) is 0 Å². The van der Waals surface area contributed by atoms with Gasteiger partial charge in [0.15, 0.2) is 0 Å². The molecule has 2 rings (SSSR count). The Morgan fingerprint density at radius 2 is 2.00 bits per heavy atom. The fourth-order valence-electron chi connectivity index (χ4n) is 1.74. The van der Waals surface area contributed by atoms with Gasteiger partial charge in [0.05, 0.1) is 16.0 Å². The second-order valence-corrected chi connectivity index (χ2v) is 5.47. The predicted octanol–water partition coefficient (Wildman–Crippen LogP) is 0.985. The number of aryl methyl sites for hydroxylation is 2. The molecule has 1 saturated heterocycles. The summed E-state index contributed by atoms with van der Waals surface area (Å²) < 4.78 is 12.1. The number of halogens is 1. The molecule has 4 nitrogen and oxygen atoms in total. The van der Waals surface area contributed by atoms with Crippen LogP contribution in [0.5, 0.6) is 0 Å².